The van der Waals surface area contributed by atoms with Crippen molar-refractivity contribution in [2.24, 2.45) is 11.7 Å². The molecule has 1 aromatic rings. The Hall–Kier alpha value is -1.06. The largest absolute Gasteiger partial charge is 0.492 e. The summed E-state index contributed by atoms with van der Waals surface area (Å²) in [6.45, 7) is 8.04. The molecule has 2 N–H and O–H groups in total. The van der Waals surface area contributed by atoms with Crippen LogP contribution in [0, 0.1) is 12.8 Å². The van der Waals surface area contributed by atoms with E-state index < -0.39 is 0 Å². The molecule has 0 aliphatic carbocycles. The van der Waals surface area contributed by atoms with Gasteiger partial charge >= 0.3 is 0 Å². The molecule has 1 heterocycles. The molecule has 18 heavy (non-hydrogen) atoms. The molecule has 1 aliphatic rings. The van der Waals surface area contributed by atoms with Gasteiger partial charge in [0.1, 0.15) is 12.4 Å². The van der Waals surface area contributed by atoms with Crippen molar-refractivity contribution >= 4 is 0 Å². The molecule has 3 nitrogen and oxygen atoms in total. The summed E-state index contributed by atoms with van der Waals surface area (Å²) in [5.74, 6) is 1.64. The normalized spacial score (nSPS) is 24.4. The molecule has 0 spiro atoms. The number of nitrogens with zero attached hydrogens (tertiary/aromatic N) is 1. The van der Waals surface area contributed by atoms with Crippen LogP contribution in [0.2, 0.25) is 0 Å². The van der Waals surface area contributed by atoms with Crippen LogP contribution >= 0.6 is 0 Å². The van der Waals surface area contributed by atoms with E-state index in [9.17, 15) is 0 Å². The first-order chi connectivity index (χ1) is 8.69. The predicted molar refractivity (Wildman–Crippen MR) is 74.9 cm³/mol. The van der Waals surface area contributed by atoms with Crippen LogP contribution in [0.1, 0.15) is 18.9 Å². The molecule has 0 amide bonds. The SMILES string of the molecule is Cc1cccc(OCCN2CC(CN)CC2C)c1. The van der Waals surface area contributed by atoms with Crippen molar-refractivity contribution in [2.45, 2.75) is 26.3 Å². The van der Waals surface area contributed by atoms with Gasteiger partial charge < -0.3 is 10.5 Å². The number of ether oxygens (including phenoxy) is 1. The van der Waals surface area contributed by atoms with Gasteiger partial charge in [0, 0.05) is 19.1 Å². The highest BCUT2D eigenvalue weighted by Gasteiger charge is 2.27. The Bertz CT molecular complexity index is 381. The maximum absolute atomic E-state index is 5.79. The number of benzene rings is 1. The molecule has 2 atom stereocenters. The van der Waals surface area contributed by atoms with Gasteiger partial charge in [-0.25, -0.2) is 0 Å². The topological polar surface area (TPSA) is 38.5 Å². The summed E-state index contributed by atoms with van der Waals surface area (Å²) in [6, 6.07) is 8.85. The predicted octanol–water partition coefficient (Wildman–Crippen LogP) is 2.04. The van der Waals surface area contributed by atoms with Crippen molar-refractivity contribution in [3.63, 3.8) is 0 Å². The van der Waals surface area contributed by atoms with Gasteiger partial charge in [0.15, 0.2) is 0 Å². The molecule has 0 saturated carbocycles. The molecule has 0 aromatic heterocycles. The van der Waals surface area contributed by atoms with Crippen LogP contribution in [-0.2, 0) is 0 Å². The number of nitrogens with two attached hydrogens (primary N) is 1. The van der Waals surface area contributed by atoms with Crippen molar-refractivity contribution in [2.75, 3.05) is 26.2 Å². The van der Waals surface area contributed by atoms with Crippen LogP contribution in [0.15, 0.2) is 24.3 Å². The molecule has 2 rings (SSSR count). The zero-order valence-corrected chi connectivity index (χ0v) is 11.4. The average Bonchev–Trinajstić information content (AvgIpc) is 2.71. The third kappa shape index (κ3) is 3.47. The standard InChI is InChI=1S/C15H24N2O/c1-12-4-3-5-15(8-12)18-7-6-17-11-14(10-16)9-13(17)2/h3-5,8,13-14H,6-7,9-11,16H2,1-2H3. The second-order valence-electron chi connectivity index (χ2n) is 5.35. The number of hydrogen-bond donors (Lipinski definition) is 1. The van der Waals surface area contributed by atoms with Crippen LogP contribution in [0.25, 0.3) is 0 Å². The molecule has 1 aliphatic heterocycles. The highest BCUT2D eigenvalue weighted by atomic mass is 16.5. The van der Waals surface area contributed by atoms with E-state index in [1.165, 1.54) is 12.0 Å². The summed E-state index contributed by atoms with van der Waals surface area (Å²) in [4.78, 5) is 2.48. The summed E-state index contributed by atoms with van der Waals surface area (Å²) in [7, 11) is 0. The van der Waals surface area contributed by atoms with Crippen LogP contribution in [0.5, 0.6) is 5.75 Å². The van der Waals surface area contributed by atoms with Crippen LogP contribution < -0.4 is 10.5 Å². The van der Waals surface area contributed by atoms with E-state index in [0.717, 1.165) is 32.0 Å². The number of rotatable bonds is 5. The molecule has 100 valence electrons. The molecule has 2 unspecified atom stereocenters. The van der Waals surface area contributed by atoms with Gasteiger partial charge in [-0.15, -0.1) is 0 Å². The third-order valence-corrected chi connectivity index (χ3v) is 3.76. The first-order valence-corrected chi connectivity index (χ1v) is 6.82. The Balaban J connectivity index is 1.75. The lowest BCUT2D eigenvalue weighted by molar-refractivity contribution is 0.202. The van der Waals surface area contributed by atoms with Crippen molar-refractivity contribution in [1.82, 2.24) is 4.90 Å². The highest BCUT2D eigenvalue weighted by molar-refractivity contribution is 5.27. The van der Waals surface area contributed by atoms with Gasteiger partial charge in [0.05, 0.1) is 0 Å². The van der Waals surface area contributed by atoms with Crippen molar-refractivity contribution < 1.29 is 4.74 Å². The van der Waals surface area contributed by atoms with Gasteiger partial charge in [-0.05, 0) is 50.4 Å². The Labute approximate surface area is 110 Å². The monoisotopic (exact) mass is 248 g/mol. The fraction of sp³-hybridized carbons (Fsp3) is 0.600. The lowest BCUT2D eigenvalue weighted by atomic mass is 10.1. The summed E-state index contributed by atoms with van der Waals surface area (Å²) >= 11 is 0. The van der Waals surface area contributed by atoms with Gasteiger partial charge in [-0.2, -0.15) is 0 Å². The molecule has 0 bridgehead atoms. The van der Waals surface area contributed by atoms with Gasteiger partial charge in [-0.1, -0.05) is 12.1 Å². The molecule has 1 aromatic carbocycles. The minimum atomic E-state index is 0.639. The zero-order valence-electron chi connectivity index (χ0n) is 11.4. The van der Waals surface area contributed by atoms with E-state index in [-0.39, 0.29) is 0 Å². The van der Waals surface area contributed by atoms with E-state index in [4.69, 9.17) is 10.5 Å². The zero-order chi connectivity index (χ0) is 13.0. The fourth-order valence-electron chi connectivity index (χ4n) is 2.69. The molecule has 1 saturated heterocycles. The molecule has 1 fully saturated rings. The third-order valence-electron chi connectivity index (χ3n) is 3.76. The second kappa shape index (κ2) is 6.21. The van der Waals surface area contributed by atoms with Crippen LogP contribution in [0.3, 0.4) is 0 Å². The minimum Gasteiger partial charge on any atom is -0.492 e. The Morgan fingerprint density at radius 1 is 1.44 bits per heavy atom. The quantitative estimate of drug-likeness (QED) is 0.866. The van der Waals surface area contributed by atoms with Crippen molar-refractivity contribution in [3.05, 3.63) is 29.8 Å². The summed E-state index contributed by atoms with van der Waals surface area (Å²) < 4.78 is 5.79. The smallest absolute Gasteiger partial charge is 0.119 e. The first kappa shape index (κ1) is 13.4. The fourth-order valence-corrected chi connectivity index (χ4v) is 2.69. The summed E-state index contributed by atoms with van der Waals surface area (Å²) in [5, 5.41) is 0. The lowest BCUT2D eigenvalue weighted by Crippen LogP contribution is -2.32. The molecule has 0 radical (unpaired) electrons. The van der Waals surface area contributed by atoms with E-state index in [2.05, 4.69) is 30.9 Å². The molecule has 3 heteroatoms. The number of likely N-dealkylation sites (tertiary alicyclic amines) is 1. The number of hydrogen-bond acceptors (Lipinski definition) is 3. The number of aryl methyl sites for hydroxylation is 1. The van der Waals surface area contributed by atoms with E-state index >= 15 is 0 Å². The van der Waals surface area contributed by atoms with Crippen LogP contribution in [0.4, 0.5) is 0 Å². The highest BCUT2D eigenvalue weighted by Crippen LogP contribution is 2.21. The minimum absolute atomic E-state index is 0.639. The lowest BCUT2D eigenvalue weighted by Gasteiger charge is -2.21. The van der Waals surface area contributed by atoms with E-state index in [1.54, 1.807) is 0 Å². The Kier molecular flexibility index (Phi) is 4.61. The van der Waals surface area contributed by atoms with Crippen molar-refractivity contribution in [1.29, 1.82) is 0 Å². The van der Waals surface area contributed by atoms with Crippen LogP contribution in [-0.4, -0.2) is 37.2 Å². The Morgan fingerprint density at radius 3 is 2.94 bits per heavy atom. The first-order valence-electron chi connectivity index (χ1n) is 6.82. The van der Waals surface area contributed by atoms with E-state index in [1.807, 2.05) is 12.1 Å². The maximum atomic E-state index is 5.79. The second-order valence-corrected chi connectivity index (χ2v) is 5.35. The molecular weight excluding hydrogens is 224 g/mol. The average molecular weight is 248 g/mol. The van der Waals surface area contributed by atoms with E-state index in [0.29, 0.717) is 12.0 Å². The summed E-state index contributed by atoms with van der Waals surface area (Å²) in [5.41, 5.74) is 6.98. The van der Waals surface area contributed by atoms with Crippen molar-refractivity contribution in [3.8, 4) is 5.75 Å². The Morgan fingerprint density at radius 2 is 2.28 bits per heavy atom. The molecular formula is C15H24N2O. The summed E-state index contributed by atoms with van der Waals surface area (Å²) in [6.07, 6.45) is 1.22. The maximum Gasteiger partial charge on any atom is 0.119 e. The van der Waals surface area contributed by atoms with Gasteiger partial charge in [0.25, 0.3) is 0 Å². The van der Waals surface area contributed by atoms with Gasteiger partial charge in [-0.3, -0.25) is 4.90 Å². The van der Waals surface area contributed by atoms with Gasteiger partial charge in [0.2, 0.25) is 0 Å².